The van der Waals surface area contributed by atoms with Crippen LogP contribution < -0.4 is 51.4 Å². The number of hydrogen-bond acceptors (Lipinski definition) is 5. The van der Waals surface area contributed by atoms with Gasteiger partial charge in [0.25, 0.3) is 0 Å². The molecule has 0 saturated heterocycles. The van der Waals surface area contributed by atoms with Crippen molar-refractivity contribution in [3.63, 3.8) is 0 Å². The average Bonchev–Trinajstić information content (AvgIpc) is 2.86. The maximum absolute atomic E-state index is 12.0. The van der Waals surface area contributed by atoms with E-state index < -0.39 is 11.9 Å². The Morgan fingerprint density at radius 2 is 1.55 bits per heavy atom. The Balaban J connectivity index is 0.00000242. The largest absolute Gasteiger partial charge is 1.00 e. The Hall–Kier alpha value is -0.274. The Labute approximate surface area is 172 Å². The summed E-state index contributed by atoms with van der Waals surface area (Å²) in [6.07, 6.45) is 6.93. The van der Waals surface area contributed by atoms with E-state index in [9.17, 15) is 14.4 Å². The first-order chi connectivity index (χ1) is 10.1. The number of hydrogen-bond donors (Lipinski definition) is 0. The summed E-state index contributed by atoms with van der Waals surface area (Å²) in [5.74, 6) is 0.618. The maximum atomic E-state index is 12.0. The summed E-state index contributed by atoms with van der Waals surface area (Å²) in [5, 5.41) is 0. The van der Waals surface area contributed by atoms with Crippen LogP contribution in [0.4, 0.5) is 0 Å². The number of allylic oxidation sites excluding steroid dienone is 4. The number of rotatable bonds is 5. The Morgan fingerprint density at radius 1 is 1.00 bits per heavy atom. The molecule has 22 heavy (non-hydrogen) atoms. The molecule has 0 N–H and O–H groups in total. The van der Waals surface area contributed by atoms with Gasteiger partial charge in [0.1, 0.15) is 18.1 Å². The van der Waals surface area contributed by atoms with Crippen LogP contribution in [0.15, 0.2) is 23.8 Å². The van der Waals surface area contributed by atoms with E-state index in [4.69, 9.17) is 9.47 Å². The van der Waals surface area contributed by atoms with Gasteiger partial charge in [0, 0.05) is 23.8 Å². The Morgan fingerprint density at radius 3 is 2.05 bits per heavy atom. The van der Waals surface area contributed by atoms with Crippen molar-refractivity contribution < 1.29 is 75.2 Å². The molecule has 0 heterocycles. The van der Waals surface area contributed by atoms with Gasteiger partial charge in [-0.2, -0.15) is 0 Å². The van der Waals surface area contributed by atoms with Gasteiger partial charge >= 0.3 is 63.3 Å². The number of aldehydes is 1. The summed E-state index contributed by atoms with van der Waals surface area (Å²) in [4.78, 5) is 34.8. The predicted molar refractivity (Wildman–Crippen MR) is 73.8 cm³/mol. The van der Waals surface area contributed by atoms with E-state index in [2.05, 4.69) is 0 Å². The third kappa shape index (κ3) is 4.17. The Kier molecular flexibility index (Phi) is 8.20. The molecular weight excluding hydrogens is 311 g/mol. The van der Waals surface area contributed by atoms with Crippen molar-refractivity contribution in [1.82, 2.24) is 0 Å². The van der Waals surface area contributed by atoms with E-state index in [0.29, 0.717) is 29.6 Å². The molecule has 1 fully saturated rings. The van der Waals surface area contributed by atoms with Crippen molar-refractivity contribution in [2.24, 2.45) is 0 Å². The van der Waals surface area contributed by atoms with Crippen LogP contribution in [-0.2, 0) is 23.9 Å². The molecule has 2 aliphatic carbocycles. The summed E-state index contributed by atoms with van der Waals surface area (Å²) in [5.41, 5.74) is 0.425. The van der Waals surface area contributed by atoms with Crippen LogP contribution in [0, 0.1) is 30.1 Å². The number of ether oxygens (including phenoxy) is 2. The van der Waals surface area contributed by atoms with Gasteiger partial charge in [-0.3, -0.25) is 14.4 Å². The summed E-state index contributed by atoms with van der Waals surface area (Å²) in [6, 6.07) is 0. The van der Waals surface area contributed by atoms with Gasteiger partial charge in [-0.1, -0.05) is 18.2 Å². The van der Waals surface area contributed by atoms with Gasteiger partial charge in [0.05, 0.1) is 13.2 Å². The third-order valence-electron chi connectivity index (χ3n) is 3.04. The first-order valence-electron chi connectivity index (χ1n) is 6.65. The van der Waals surface area contributed by atoms with E-state index in [-0.39, 0.29) is 70.5 Å². The Bertz CT molecular complexity index is 497. The molecule has 0 aromatic heterocycles. The average molecular weight is 326 g/mol. The fraction of sp³-hybridized carbons (Fsp3) is 0.250. The van der Waals surface area contributed by atoms with Gasteiger partial charge in [-0.25, -0.2) is 0 Å². The second-order valence-corrected chi connectivity index (χ2v) is 4.34. The van der Waals surface area contributed by atoms with E-state index >= 15 is 0 Å². The van der Waals surface area contributed by atoms with Crippen LogP contribution in [0.1, 0.15) is 13.8 Å². The van der Waals surface area contributed by atoms with Crippen molar-refractivity contribution >= 4 is 18.2 Å². The SMILES string of the molecule is CCOC(=O)[C]1[CH][C](C(=O)OCC)[C]2C=C(C=O)C=C[C]21.[K+]. The van der Waals surface area contributed by atoms with Crippen molar-refractivity contribution in [2.75, 3.05) is 13.2 Å². The molecule has 1 saturated carbocycles. The summed E-state index contributed by atoms with van der Waals surface area (Å²) in [7, 11) is 0. The van der Waals surface area contributed by atoms with Crippen LogP contribution in [0.3, 0.4) is 0 Å². The van der Waals surface area contributed by atoms with Crippen molar-refractivity contribution in [3.8, 4) is 0 Å². The zero-order valence-electron chi connectivity index (χ0n) is 12.8. The van der Waals surface area contributed by atoms with Gasteiger partial charge in [0.2, 0.25) is 0 Å². The molecule has 109 valence electrons. The predicted octanol–water partition coefficient (Wildman–Crippen LogP) is -1.67. The molecule has 0 aromatic rings. The standard InChI is InChI=1S/C16H15O5.K/c1-3-20-15(18)13-8-14(16(19)21-4-2)12-7-10(9-17)5-6-11(12)13;/h5-9H,3-4H2,1-2H3;/q;+1. The van der Waals surface area contributed by atoms with Gasteiger partial charge in [-0.05, 0) is 13.8 Å². The minimum Gasteiger partial charge on any atom is -0.466 e. The van der Waals surface area contributed by atoms with E-state index in [1.54, 1.807) is 32.1 Å². The van der Waals surface area contributed by atoms with E-state index in [1.165, 1.54) is 6.42 Å². The second-order valence-electron chi connectivity index (χ2n) is 4.34. The summed E-state index contributed by atoms with van der Waals surface area (Å²) >= 11 is 0. The van der Waals surface area contributed by atoms with Crippen molar-refractivity contribution in [2.45, 2.75) is 13.8 Å². The zero-order chi connectivity index (χ0) is 15.4. The molecule has 0 atom stereocenters. The van der Waals surface area contributed by atoms with Crippen LogP contribution in [0.5, 0.6) is 0 Å². The monoisotopic (exact) mass is 326 g/mol. The minimum atomic E-state index is -0.527. The van der Waals surface area contributed by atoms with Gasteiger partial charge < -0.3 is 9.47 Å². The molecular formula is C16H15KO5+. The molecule has 0 unspecified atom stereocenters. The molecule has 5 nitrogen and oxygen atoms in total. The quantitative estimate of drug-likeness (QED) is 0.343. The first-order valence-corrected chi connectivity index (χ1v) is 6.65. The first kappa shape index (κ1) is 19.8. The minimum absolute atomic E-state index is 0. The normalized spacial score (nSPS) is 19.1. The summed E-state index contributed by atoms with van der Waals surface area (Å²) in [6.45, 7) is 3.88. The number of esters is 2. The van der Waals surface area contributed by atoms with E-state index in [1.807, 2.05) is 0 Å². The molecule has 0 bridgehead atoms. The molecule has 5 radical (unpaired) electrons. The fourth-order valence-electron chi connectivity index (χ4n) is 2.15. The molecule has 0 spiro atoms. The summed E-state index contributed by atoms with van der Waals surface area (Å²) < 4.78 is 9.97. The maximum Gasteiger partial charge on any atom is 1.00 e. The molecule has 0 aromatic carbocycles. The number of carbonyl (C=O) groups excluding carboxylic acids is 3. The second kappa shape index (κ2) is 9.13. The van der Waals surface area contributed by atoms with E-state index in [0.717, 1.165) is 0 Å². The molecule has 6 heteroatoms. The zero-order valence-corrected chi connectivity index (χ0v) is 16.0. The van der Waals surface area contributed by atoms with Crippen LogP contribution in [-0.4, -0.2) is 31.4 Å². The topological polar surface area (TPSA) is 69.7 Å². The molecule has 2 aliphatic rings. The van der Waals surface area contributed by atoms with Gasteiger partial charge in [0.15, 0.2) is 0 Å². The van der Waals surface area contributed by atoms with Gasteiger partial charge in [-0.15, -0.1) is 0 Å². The van der Waals surface area contributed by atoms with Crippen molar-refractivity contribution in [1.29, 1.82) is 0 Å². The number of fused-ring (bicyclic) bond motifs is 1. The third-order valence-corrected chi connectivity index (χ3v) is 3.04. The smallest absolute Gasteiger partial charge is 0.466 e. The number of carbonyl (C=O) groups is 3. The fourth-order valence-corrected chi connectivity index (χ4v) is 2.15. The van der Waals surface area contributed by atoms with Crippen LogP contribution in [0.25, 0.3) is 0 Å². The van der Waals surface area contributed by atoms with Crippen LogP contribution in [0.2, 0.25) is 0 Å². The molecule has 2 rings (SSSR count). The van der Waals surface area contributed by atoms with Crippen LogP contribution >= 0.6 is 0 Å². The van der Waals surface area contributed by atoms with Crippen molar-refractivity contribution in [3.05, 3.63) is 53.9 Å². The molecule has 0 aliphatic heterocycles. The molecule has 0 amide bonds.